The Morgan fingerprint density at radius 2 is 1.94 bits per heavy atom. The van der Waals surface area contributed by atoms with Gasteiger partial charge >= 0.3 is 6.03 Å². The number of nitrogens with one attached hydrogen (secondary N) is 2. The standard InChI is InChI=1S/C10H5Cl2N3O3/c11-4-1-2-5-6(3-4)13-7(16)10(5)8(17)15(12)9(18)14-10/h1-3H,(H,13,16)(H,14,18). The molecule has 0 aromatic heterocycles. The molecule has 1 saturated heterocycles. The van der Waals surface area contributed by atoms with Crippen LogP contribution in [-0.2, 0) is 15.1 Å². The molecule has 2 heterocycles. The molecule has 92 valence electrons. The van der Waals surface area contributed by atoms with Crippen molar-refractivity contribution >= 4 is 46.9 Å². The Labute approximate surface area is 111 Å². The van der Waals surface area contributed by atoms with Crippen molar-refractivity contribution in [1.82, 2.24) is 9.74 Å². The zero-order chi connectivity index (χ0) is 13.1. The third-order valence-corrected chi connectivity index (χ3v) is 3.49. The Kier molecular flexibility index (Phi) is 2.11. The molecule has 1 fully saturated rings. The van der Waals surface area contributed by atoms with E-state index < -0.39 is 23.4 Å². The normalized spacial score (nSPS) is 25.4. The fourth-order valence-electron chi connectivity index (χ4n) is 2.12. The number of hydrogen-bond acceptors (Lipinski definition) is 3. The monoisotopic (exact) mass is 285 g/mol. The largest absolute Gasteiger partial charge is 0.340 e. The van der Waals surface area contributed by atoms with Crippen LogP contribution in [0.5, 0.6) is 0 Å². The van der Waals surface area contributed by atoms with Gasteiger partial charge in [0.15, 0.2) is 0 Å². The van der Waals surface area contributed by atoms with Crippen LogP contribution in [0.25, 0.3) is 0 Å². The first-order chi connectivity index (χ1) is 8.46. The number of halogens is 2. The highest BCUT2D eigenvalue weighted by molar-refractivity contribution is 6.39. The topological polar surface area (TPSA) is 78.5 Å². The molecule has 1 unspecified atom stereocenters. The van der Waals surface area contributed by atoms with Gasteiger partial charge in [-0.05, 0) is 12.1 Å². The number of fused-ring (bicyclic) bond motifs is 2. The fourth-order valence-corrected chi connectivity index (χ4v) is 2.47. The molecule has 0 radical (unpaired) electrons. The third kappa shape index (κ3) is 1.16. The van der Waals surface area contributed by atoms with E-state index in [9.17, 15) is 14.4 Å². The summed E-state index contributed by atoms with van der Waals surface area (Å²) in [5.41, 5.74) is -1.06. The Balaban J connectivity index is 2.24. The number of nitrogens with zero attached hydrogens (tertiary/aromatic N) is 1. The van der Waals surface area contributed by atoms with E-state index in [4.69, 9.17) is 23.4 Å². The molecular weight excluding hydrogens is 281 g/mol. The summed E-state index contributed by atoms with van der Waals surface area (Å²) >= 11 is 11.3. The molecule has 0 aliphatic carbocycles. The number of benzene rings is 1. The van der Waals surface area contributed by atoms with Gasteiger partial charge in [0.1, 0.15) is 0 Å². The van der Waals surface area contributed by atoms with Crippen molar-refractivity contribution in [3.05, 3.63) is 28.8 Å². The molecule has 1 aromatic rings. The van der Waals surface area contributed by atoms with E-state index in [0.29, 0.717) is 20.7 Å². The predicted octanol–water partition coefficient (Wildman–Crippen LogP) is 1.19. The zero-order valence-corrected chi connectivity index (χ0v) is 10.2. The molecule has 2 aliphatic heterocycles. The van der Waals surface area contributed by atoms with Crippen molar-refractivity contribution in [3.8, 4) is 0 Å². The van der Waals surface area contributed by atoms with Crippen molar-refractivity contribution in [2.45, 2.75) is 5.54 Å². The molecule has 0 saturated carbocycles. The molecule has 1 aromatic carbocycles. The average Bonchev–Trinajstić information content (AvgIpc) is 2.71. The summed E-state index contributed by atoms with van der Waals surface area (Å²) < 4.78 is 0.364. The van der Waals surface area contributed by atoms with Crippen LogP contribution in [0.4, 0.5) is 10.5 Å². The second-order valence-corrected chi connectivity index (χ2v) is 4.68. The Bertz CT molecular complexity index is 618. The van der Waals surface area contributed by atoms with Crippen molar-refractivity contribution in [1.29, 1.82) is 0 Å². The maximum absolute atomic E-state index is 12.0. The van der Waals surface area contributed by atoms with E-state index in [1.54, 1.807) is 0 Å². The highest BCUT2D eigenvalue weighted by Gasteiger charge is 2.61. The van der Waals surface area contributed by atoms with Crippen LogP contribution in [0.2, 0.25) is 5.02 Å². The lowest BCUT2D eigenvalue weighted by Crippen LogP contribution is -2.49. The van der Waals surface area contributed by atoms with Crippen LogP contribution < -0.4 is 10.6 Å². The van der Waals surface area contributed by atoms with Gasteiger partial charge in [0.25, 0.3) is 11.8 Å². The van der Waals surface area contributed by atoms with Crippen molar-refractivity contribution in [2.75, 3.05) is 5.32 Å². The Hall–Kier alpha value is -1.79. The van der Waals surface area contributed by atoms with E-state index in [-0.39, 0.29) is 0 Å². The van der Waals surface area contributed by atoms with Crippen LogP contribution in [-0.4, -0.2) is 22.3 Å². The minimum Gasteiger partial charge on any atom is -0.323 e. The molecule has 8 heteroatoms. The number of urea groups is 1. The smallest absolute Gasteiger partial charge is 0.323 e. The summed E-state index contributed by atoms with van der Waals surface area (Å²) in [7, 11) is 0. The lowest BCUT2D eigenvalue weighted by molar-refractivity contribution is -0.135. The number of carbonyl (C=O) groups excluding carboxylic acids is 3. The van der Waals surface area contributed by atoms with Crippen LogP contribution in [0.1, 0.15) is 5.56 Å². The minimum atomic E-state index is -1.78. The number of amides is 4. The molecule has 2 N–H and O–H groups in total. The van der Waals surface area contributed by atoms with Gasteiger partial charge in [0, 0.05) is 28.1 Å². The van der Waals surface area contributed by atoms with Gasteiger partial charge in [-0.25, -0.2) is 4.79 Å². The van der Waals surface area contributed by atoms with E-state index in [2.05, 4.69) is 10.6 Å². The molecule has 3 rings (SSSR count). The minimum absolute atomic E-state index is 0.332. The summed E-state index contributed by atoms with van der Waals surface area (Å²) in [5.74, 6) is -1.48. The van der Waals surface area contributed by atoms with Crippen LogP contribution in [0, 0.1) is 0 Å². The first kappa shape index (κ1) is 11.3. The molecule has 2 aliphatic rings. The van der Waals surface area contributed by atoms with Crippen LogP contribution >= 0.6 is 23.4 Å². The second kappa shape index (κ2) is 3.37. The van der Waals surface area contributed by atoms with Crippen molar-refractivity contribution in [2.24, 2.45) is 0 Å². The van der Waals surface area contributed by atoms with Gasteiger partial charge in [-0.15, -0.1) is 0 Å². The average molecular weight is 286 g/mol. The number of carbonyl (C=O) groups is 3. The maximum atomic E-state index is 12.0. The van der Waals surface area contributed by atoms with Crippen molar-refractivity contribution < 1.29 is 14.4 Å². The summed E-state index contributed by atoms with van der Waals surface area (Å²) in [4.78, 5) is 35.4. The number of imide groups is 1. The predicted molar refractivity (Wildman–Crippen MR) is 63.0 cm³/mol. The molecule has 1 atom stereocenters. The van der Waals surface area contributed by atoms with E-state index >= 15 is 0 Å². The number of anilines is 1. The summed E-state index contributed by atoms with van der Waals surface area (Å²) in [5, 5.41) is 5.21. The fraction of sp³-hybridized carbons (Fsp3) is 0.100. The zero-order valence-electron chi connectivity index (χ0n) is 8.66. The lowest BCUT2D eigenvalue weighted by Gasteiger charge is -2.17. The molecule has 1 spiro atoms. The summed E-state index contributed by atoms with van der Waals surface area (Å²) in [6.45, 7) is 0. The van der Waals surface area contributed by atoms with E-state index in [1.165, 1.54) is 18.2 Å². The highest BCUT2D eigenvalue weighted by Crippen LogP contribution is 2.41. The van der Waals surface area contributed by atoms with E-state index in [0.717, 1.165) is 0 Å². The second-order valence-electron chi connectivity index (χ2n) is 3.91. The summed E-state index contributed by atoms with van der Waals surface area (Å²) in [6.07, 6.45) is 0. The first-order valence-electron chi connectivity index (χ1n) is 4.91. The van der Waals surface area contributed by atoms with Gasteiger partial charge in [-0.3, -0.25) is 9.59 Å². The first-order valence-corrected chi connectivity index (χ1v) is 5.62. The molecule has 18 heavy (non-hydrogen) atoms. The van der Waals surface area contributed by atoms with Crippen molar-refractivity contribution in [3.63, 3.8) is 0 Å². The Morgan fingerprint density at radius 3 is 2.56 bits per heavy atom. The lowest BCUT2D eigenvalue weighted by atomic mass is 9.92. The third-order valence-electron chi connectivity index (χ3n) is 2.95. The van der Waals surface area contributed by atoms with Gasteiger partial charge in [-0.1, -0.05) is 17.7 Å². The van der Waals surface area contributed by atoms with Crippen LogP contribution in [0.3, 0.4) is 0 Å². The number of rotatable bonds is 0. The van der Waals surface area contributed by atoms with Gasteiger partial charge in [0.2, 0.25) is 5.54 Å². The van der Waals surface area contributed by atoms with Crippen LogP contribution in [0.15, 0.2) is 18.2 Å². The van der Waals surface area contributed by atoms with Gasteiger partial charge in [-0.2, -0.15) is 4.42 Å². The molecular formula is C10H5Cl2N3O3. The summed E-state index contributed by atoms with van der Waals surface area (Å²) in [6, 6.07) is 3.70. The molecule has 4 amide bonds. The van der Waals surface area contributed by atoms with Gasteiger partial charge in [0.05, 0.1) is 0 Å². The van der Waals surface area contributed by atoms with E-state index in [1.807, 2.05) is 0 Å². The maximum Gasteiger partial charge on any atom is 0.340 e. The van der Waals surface area contributed by atoms with Gasteiger partial charge < -0.3 is 10.6 Å². The SMILES string of the molecule is O=C1NC2(C(=O)Nc3cc(Cl)ccc32)C(=O)N1Cl. The quantitative estimate of drug-likeness (QED) is 0.427. The highest BCUT2D eigenvalue weighted by atomic mass is 35.5. The molecule has 0 bridgehead atoms. The molecule has 6 nitrogen and oxygen atoms in total. The Morgan fingerprint density at radius 1 is 1.22 bits per heavy atom. The number of hydrogen-bond donors (Lipinski definition) is 2.